The van der Waals surface area contributed by atoms with Crippen molar-refractivity contribution in [3.63, 3.8) is 0 Å². The second kappa shape index (κ2) is 3.88. The minimum atomic E-state index is 0.683. The zero-order chi connectivity index (χ0) is 10.7. The Morgan fingerprint density at radius 3 is 2.33 bits per heavy atom. The van der Waals surface area contributed by atoms with Gasteiger partial charge in [-0.05, 0) is 30.3 Å². The Balaban J connectivity index is 2.18. The molecule has 1 aromatic heterocycles. The summed E-state index contributed by atoms with van der Waals surface area (Å²) in [4.78, 5) is 4.13. The summed E-state index contributed by atoms with van der Waals surface area (Å²) in [7, 11) is 0. The number of nitrogen functional groups attached to an aromatic ring is 2. The molecular formula is C11H12N4. The van der Waals surface area contributed by atoms with E-state index in [2.05, 4.69) is 10.3 Å². The molecule has 0 saturated carbocycles. The van der Waals surface area contributed by atoms with Gasteiger partial charge in [-0.25, -0.2) is 4.98 Å². The third-order valence-electron chi connectivity index (χ3n) is 1.97. The summed E-state index contributed by atoms with van der Waals surface area (Å²) in [6.45, 7) is 0. The summed E-state index contributed by atoms with van der Waals surface area (Å²) in [5.74, 6) is 0.722. The summed E-state index contributed by atoms with van der Waals surface area (Å²) >= 11 is 0. The fourth-order valence-corrected chi connectivity index (χ4v) is 1.23. The minimum Gasteiger partial charge on any atom is -0.399 e. The normalized spacial score (nSPS) is 9.87. The van der Waals surface area contributed by atoms with Crippen molar-refractivity contribution < 1.29 is 0 Å². The average molecular weight is 200 g/mol. The smallest absolute Gasteiger partial charge is 0.132 e. The van der Waals surface area contributed by atoms with Crippen molar-refractivity contribution in [2.24, 2.45) is 0 Å². The molecule has 15 heavy (non-hydrogen) atoms. The van der Waals surface area contributed by atoms with E-state index in [-0.39, 0.29) is 0 Å². The highest BCUT2D eigenvalue weighted by Gasteiger charge is 1.95. The maximum absolute atomic E-state index is 5.64. The molecule has 76 valence electrons. The first-order chi connectivity index (χ1) is 7.24. The molecule has 4 nitrogen and oxygen atoms in total. The maximum Gasteiger partial charge on any atom is 0.132 e. The minimum absolute atomic E-state index is 0.683. The summed E-state index contributed by atoms with van der Waals surface area (Å²) in [5.41, 5.74) is 13.6. The highest BCUT2D eigenvalue weighted by Crippen LogP contribution is 2.17. The van der Waals surface area contributed by atoms with E-state index in [4.69, 9.17) is 11.5 Å². The Hall–Kier alpha value is -2.23. The molecule has 1 aromatic carbocycles. The van der Waals surface area contributed by atoms with Gasteiger partial charge in [-0.2, -0.15) is 0 Å². The lowest BCUT2D eigenvalue weighted by Crippen LogP contribution is -1.95. The Kier molecular flexibility index (Phi) is 2.41. The molecular weight excluding hydrogens is 188 g/mol. The quantitative estimate of drug-likeness (QED) is 0.648. The van der Waals surface area contributed by atoms with Crippen molar-refractivity contribution in [1.82, 2.24) is 4.98 Å². The van der Waals surface area contributed by atoms with Crippen LogP contribution in [0.4, 0.5) is 22.9 Å². The standard InChI is InChI=1S/C11H12N4/c12-8-1-3-10(4-2-8)15-11-7-9(13)5-6-14-11/h1-7H,12H2,(H3,13,14,15). The molecule has 0 saturated heterocycles. The maximum atomic E-state index is 5.64. The van der Waals surface area contributed by atoms with E-state index in [0.717, 1.165) is 17.2 Å². The van der Waals surface area contributed by atoms with Crippen LogP contribution in [0.3, 0.4) is 0 Å². The SMILES string of the molecule is Nc1ccc(Nc2cc(N)ccn2)cc1. The number of nitrogens with zero attached hydrogens (tertiary/aromatic N) is 1. The topological polar surface area (TPSA) is 77.0 Å². The van der Waals surface area contributed by atoms with Crippen LogP contribution in [0.15, 0.2) is 42.6 Å². The molecule has 0 aliphatic carbocycles. The number of rotatable bonds is 2. The van der Waals surface area contributed by atoms with Gasteiger partial charge in [0, 0.05) is 29.3 Å². The van der Waals surface area contributed by atoms with Crippen LogP contribution < -0.4 is 16.8 Å². The first-order valence-corrected chi connectivity index (χ1v) is 4.58. The van der Waals surface area contributed by atoms with Crippen LogP contribution in [0, 0.1) is 0 Å². The molecule has 5 N–H and O–H groups in total. The van der Waals surface area contributed by atoms with Gasteiger partial charge in [0.05, 0.1) is 0 Å². The second-order valence-electron chi connectivity index (χ2n) is 3.22. The zero-order valence-corrected chi connectivity index (χ0v) is 8.14. The fraction of sp³-hybridized carbons (Fsp3) is 0. The number of benzene rings is 1. The molecule has 0 unspecified atom stereocenters. The number of hydrogen-bond acceptors (Lipinski definition) is 4. The van der Waals surface area contributed by atoms with Gasteiger partial charge < -0.3 is 16.8 Å². The van der Waals surface area contributed by atoms with Gasteiger partial charge in [-0.1, -0.05) is 0 Å². The zero-order valence-electron chi connectivity index (χ0n) is 8.14. The third kappa shape index (κ3) is 2.37. The van der Waals surface area contributed by atoms with E-state index in [1.165, 1.54) is 0 Å². The molecule has 0 aliphatic heterocycles. The van der Waals surface area contributed by atoms with Crippen molar-refractivity contribution in [2.75, 3.05) is 16.8 Å². The summed E-state index contributed by atoms with van der Waals surface area (Å²) < 4.78 is 0. The summed E-state index contributed by atoms with van der Waals surface area (Å²) in [6, 6.07) is 11.0. The van der Waals surface area contributed by atoms with Crippen LogP contribution in [-0.2, 0) is 0 Å². The van der Waals surface area contributed by atoms with Gasteiger partial charge in [-0.3, -0.25) is 0 Å². The van der Waals surface area contributed by atoms with Crippen LogP contribution in [0.1, 0.15) is 0 Å². The largest absolute Gasteiger partial charge is 0.399 e. The highest BCUT2D eigenvalue weighted by atomic mass is 15.0. The van der Waals surface area contributed by atoms with Gasteiger partial charge in [0.15, 0.2) is 0 Å². The van der Waals surface area contributed by atoms with Crippen molar-refractivity contribution >= 4 is 22.9 Å². The van der Waals surface area contributed by atoms with Crippen molar-refractivity contribution in [1.29, 1.82) is 0 Å². The predicted octanol–water partition coefficient (Wildman–Crippen LogP) is 1.99. The summed E-state index contributed by atoms with van der Waals surface area (Å²) in [6.07, 6.45) is 1.66. The summed E-state index contributed by atoms with van der Waals surface area (Å²) in [5, 5.41) is 3.13. The van der Waals surface area contributed by atoms with Crippen LogP contribution >= 0.6 is 0 Å². The first kappa shape index (κ1) is 9.33. The number of hydrogen-bond donors (Lipinski definition) is 3. The van der Waals surface area contributed by atoms with E-state index >= 15 is 0 Å². The fourth-order valence-electron chi connectivity index (χ4n) is 1.23. The van der Waals surface area contributed by atoms with Gasteiger partial charge in [0.25, 0.3) is 0 Å². The Morgan fingerprint density at radius 1 is 0.933 bits per heavy atom. The Labute approximate surface area is 87.9 Å². The Bertz CT molecular complexity index is 450. The second-order valence-corrected chi connectivity index (χ2v) is 3.22. The molecule has 2 rings (SSSR count). The third-order valence-corrected chi connectivity index (χ3v) is 1.97. The molecule has 2 aromatic rings. The lowest BCUT2D eigenvalue weighted by Gasteiger charge is -2.05. The highest BCUT2D eigenvalue weighted by molar-refractivity contribution is 5.61. The van der Waals surface area contributed by atoms with Gasteiger partial charge in [-0.15, -0.1) is 0 Å². The number of anilines is 4. The van der Waals surface area contributed by atoms with Crippen LogP contribution in [0.2, 0.25) is 0 Å². The molecule has 0 aliphatic rings. The van der Waals surface area contributed by atoms with Crippen LogP contribution in [0.5, 0.6) is 0 Å². The molecule has 0 amide bonds. The molecule has 0 fully saturated rings. The molecule has 0 atom stereocenters. The number of nitrogens with one attached hydrogen (secondary N) is 1. The molecule has 0 radical (unpaired) electrons. The van der Waals surface area contributed by atoms with Gasteiger partial charge >= 0.3 is 0 Å². The van der Waals surface area contributed by atoms with Crippen molar-refractivity contribution in [2.45, 2.75) is 0 Å². The van der Waals surface area contributed by atoms with Gasteiger partial charge in [0.2, 0.25) is 0 Å². The lowest BCUT2D eigenvalue weighted by atomic mass is 10.3. The van der Waals surface area contributed by atoms with Crippen molar-refractivity contribution in [3.05, 3.63) is 42.6 Å². The first-order valence-electron chi connectivity index (χ1n) is 4.58. The van der Waals surface area contributed by atoms with E-state index < -0.39 is 0 Å². The monoisotopic (exact) mass is 200 g/mol. The van der Waals surface area contributed by atoms with Crippen molar-refractivity contribution in [3.8, 4) is 0 Å². The number of pyridine rings is 1. The van der Waals surface area contributed by atoms with E-state index in [9.17, 15) is 0 Å². The Morgan fingerprint density at radius 2 is 1.67 bits per heavy atom. The van der Waals surface area contributed by atoms with E-state index in [0.29, 0.717) is 5.69 Å². The van der Waals surface area contributed by atoms with Crippen LogP contribution in [0.25, 0.3) is 0 Å². The molecule has 4 heteroatoms. The molecule has 1 heterocycles. The van der Waals surface area contributed by atoms with Gasteiger partial charge in [0.1, 0.15) is 5.82 Å². The number of nitrogens with two attached hydrogens (primary N) is 2. The van der Waals surface area contributed by atoms with Crippen LogP contribution in [-0.4, -0.2) is 4.98 Å². The van der Waals surface area contributed by atoms with E-state index in [1.807, 2.05) is 24.3 Å². The predicted molar refractivity (Wildman–Crippen MR) is 62.8 cm³/mol. The number of aromatic nitrogens is 1. The average Bonchev–Trinajstić information content (AvgIpc) is 2.22. The molecule has 0 spiro atoms. The van der Waals surface area contributed by atoms with E-state index in [1.54, 1.807) is 18.3 Å². The lowest BCUT2D eigenvalue weighted by molar-refractivity contribution is 1.31. The molecule has 0 bridgehead atoms.